The van der Waals surface area contributed by atoms with Crippen molar-refractivity contribution in [2.24, 2.45) is 0 Å². The van der Waals surface area contributed by atoms with Crippen LogP contribution in [-0.4, -0.2) is 19.9 Å². The third kappa shape index (κ3) is 10.1. The summed E-state index contributed by atoms with van der Waals surface area (Å²) < 4.78 is 0. The first kappa shape index (κ1) is 40.7. The molecular formula is C54H60N4. The summed E-state index contributed by atoms with van der Waals surface area (Å²) in [6.45, 7) is 9.07. The summed E-state index contributed by atoms with van der Waals surface area (Å²) in [5.41, 5.74) is 13.3. The topological polar surface area (TPSA) is 51.6 Å². The number of benzene rings is 5. The highest BCUT2D eigenvalue weighted by Gasteiger charge is 2.19. The van der Waals surface area contributed by atoms with E-state index in [1.807, 2.05) is 12.1 Å². The first-order chi connectivity index (χ1) is 28.5. The Hall–Kier alpha value is -5.48. The van der Waals surface area contributed by atoms with Gasteiger partial charge in [-0.15, -0.1) is 0 Å². The van der Waals surface area contributed by atoms with E-state index < -0.39 is 0 Å². The van der Waals surface area contributed by atoms with Crippen LogP contribution < -0.4 is 0 Å². The van der Waals surface area contributed by atoms with Gasteiger partial charge in [-0.2, -0.15) is 0 Å². The van der Waals surface area contributed by atoms with Gasteiger partial charge in [-0.25, -0.2) is 19.9 Å². The van der Waals surface area contributed by atoms with Gasteiger partial charge in [-0.3, -0.25) is 0 Å². The van der Waals surface area contributed by atoms with Crippen molar-refractivity contribution in [3.05, 3.63) is 144 Å². The lowest BCUT2D eigenvalue weighted by molar-refractivity contribution is 0.605. The van der Waals surface area contributed by atoms with Crippen LogP contribution in [0.1, 0.15) is 113 Å². The molecule has 0 spiro atoms. The molecule has 2 aromatic heterocycles. The van der Waals surface area contributed by atoms with Crippen molar-refractivity contribution in [2.45, 2.75) is 118 Å². The molecule has 7 rings (SSSR count). The second kappa shape index (κ2) is 20.3. The van der Waals surface area contributed by atoms with Crippen molar-refractivity contribution >= 4 is 10.8 Å². The zero-order valence-corrected chi connectivity index (χ0v) is 35.2. The Labute approximate surface area is 347 Å². The molecule has 2 heterocycles. The van der Waals surface area contributed by atoms with Gasteiger partial charge < -0.3 is 0 Å². The van der Waals surface area contributed by atoms with Gasteiger partial charge in [0.2, 0.25) is 0 Å². The lowest BCUT2D eigenvalue weighted by atomic mass is 9.90. The van der Waals surface area contributed by atoms with E-state index in [1.54, 1.807) is 0 Å². The van der Waals surface area contributed by atoms with E-state index in [0.717, 1.165) is 52.3 Å². The summed E-state index contributed by atoms with van der Waals surface area (Å²) in [6, 6.07) is 43.1. The minimum Gasteiger partial charge on any atom is -0.225 e. The molecule has 0 aliphatic heterocycles. The molecule has 0 fully saturated rings. The first-order valence-electron chi connectivity index (χ1n) is 22.0. The monoisotopic (exact) mass is 764 g/mol. The fraction of sp³-hybridized carbons (Fsp3) is 0.333. The zero-order valence-electron chi connectivity index (χ0n) is 35.2. The fourth-order valence-electron chi connectivity index (χ4n) is 8.29. The lowest BCUT2D eigenvalue weighted by Gasteiger charge is -2.17. The summed E-state index contributed by atoms with van der Waals surface area (Å²) in [4.78, 5) is 21.3. The number of hydrogen-bond donors (Lipinski definition) is 0. The molecule has 7 aromatic rings. The maximum atomic E-state index is 5.46. The van der Waals surface area contributed by atoms with Gasteiger partial charge in [0, 0.05) is 22.3 Å². The maximum absolute atomic E-state index is 5.46. The Morgan fingerprint density at radius 1 is 0.362 bits per heavy atom. The van der Waals surface area contributed by atoms with E-state index in [1.165, 1.54) is 116 Å². The predicted octanol–water partition coefficient (Wildman–Crippen LogP) is 15.2. The smallest absolute Gasteiger partial charge is 0.198 e. The second-order valence-corrected chi connectivity index (χ2v) is 16.1. The SMILES string of the molecule is CCCCCCCCc1cc(-c2cc(-c3cccc4c(C)cccc34)nc(-c3nc(-c4ccccc4)cc(-c4ccccc4)n3)n2)c(CCCCCCCC)cc1C. The average Bonchev–Trinajstić information content (AvgIpc) is 3.27. The van der Waals surface area contributed by atoms with E-state index in [0.29, 0.717) is 11.6 Å². The van der Waals surface area contributed by atoms with Crippen LogP contribution in [0.2, 0.25) is 0 Å². The van der Waals surface area contributed by atoms with Crippen LogP contribution in [0.4, 0.5) is 0 Å². The molecule has 0 aliphatic carbocycles. The molecule has 0 saturated heterocycles. The van der Waals surface area contributed by atoms with Gasteiger partial charge in [0.25, 0.3) is 0 Å². The quantitative estimate of drug-likeness (QED) is 0.0770. The van der Waals surface area contributed by atoms with Crippen LogP contribution in [0.3, 0.4) is 0 Å². The third-order valence-corrected chi connectivity index (χ3v) is 11.6. The Morgan fingerprint density at radius 3 is 1.45 bits per heavy atom. The number of aromatic nitrogens is 4. The molecule has 0 radical (unpaired) electrons. The van der Waals surface area contributed by atoms with E-state index in [2.05, 4.69) is 137 Å². The molecule has 0 atom stereocenters. The maximum Gasteiger partial charge on any atom is 0.198 e. The van der Waals surface area contributed by atoms with E-state index in [4.69, 9.17) is 19.9 Å². The third-order valence-electron chi connectivity index (χ3n) is 11.6. The Balaban J connectivity index is 1.40. The number of nitrogens with zero attached hydrogens (tertiary/aromatic N) is 4. The van der Waals surface area contributed by atoms with E-state index in [9.17, 15) is 0 Å². The number of rotatable bonds is 19. The van der Waals surface area contributed by atoms with Crippen molar-refractivity contribution < 1.29 is 0 Å². The van der Waals surface area contributed by atoms with Crippen molar-refractivity contribution in [3.63, 3.8) is 0 Å². The average molecular weight is 765 g/mol. The summed E-state index contributed by atoms with van der Waals surface area (Å²) in [7, 11) is 0. The van der Waals surface area contributed by atoms with Crippen molar-refractivity contribution in [1.82, 2.24) is 19.9 Å². The van der Waals surface area contributed by atoms with Gasteiger partial charge in [-0.1, -0.05) is 181 Å². The number of unbranched alkanes of at least 4 members (excludes halogenated alkanes) is 10. The van der Waals surface area contributed by atoms with Crippen molar-refractivity contribution in [2.75, 3.05) is 0 Å². The lowest BCUT2D eigenvalue weighted by Crippen LogP contribution is -2.04. The first-order valence-corrected chi connectivity index (χ1v) is 22.0. The largest absolute Gasteiger partial charge is 0.225 e. The van der Waals surface area contributed by atoms with Crippen LogP contribution >= 0.6 is 0 Å². The molecular weight excluding hydrogens is 705 g/mol. The molecule has 0 N–H and O–H groups in total. The van der Waals surface area contributed by atoms with E-state index >= 15 is 0 Å². The van der Waals surface area contributed by atoms with Crippen LogP contribution in [0.15, 0.2) is 121 Å². The minimum absolute atomic E-state index is 0.525. The normalized spacial score (nSPS) is 11.4. The Bertz CT molecular complexity index is 2340. The highest BCUT2D eigenvalue weighted by atomic mass is 15.0. The summed E-state index contributed by atoms with van der Waals surface area (Å²) in [6.07, 6.45) is 17.4. The highest BCUT2D eigenvalue weighted by Crippen LogP contribution is 2.36. The predicted molar refractivity (Wildman–Crippen MR) is 246 cm³/mol. The van der Waals surface area contributed by atoms with Crippen molar-refractivity contribution in [3.8, 4) is 56.7 Å². The Morgan fingerprint density at radius 2 is 0.845 bits per heavy atom. The van der Waals surface area contributed by atoms with Crippen molar-refractivity contribution in [1.29, 1.82) is 0 Å². The summed E-state index contributed by atoms with van der Waals surface area (Å²) in [5, 5.41) is 2.41. The molecule has 0 unspecified atom stereocenters. The van der Waals surface area contributed by atoms with Gasteiger partial charge in [0.15, 0.2) is 11.6 Å². The molecule has 58 heavy (non-hydrogen) atoms. The molecule has 4 nitrogen and oxygen atoms in total. The molecule has 4 heteroatoms. The van der Waals surface area contributed by atoms with Crippen LogP contribution in [0, 0.1) is 13.8 Å². The highest BCUT2D eigenvalue weighted by molar-refractivity contribution is 5.98. The zero-order chi connectivity index (χ0) is 40.1. The van der Waals surface area contributed by atoms with Crippen LogP contribution in [0.25, 0.3) is 67.5 Å². The van der Waals surface area contributed by atoms with Crippen LogP contribution in [-0.2, 0) is 12.8 Å². The molecule has 0 bridgehead atoms. The molecule has 296 valence electrons. The van der Waals surface area contributed by atoms with Crippen LogP contribution in [0.5, 0.6) is 0 Å². The number of fused-ring (bicyclic) bond motifs is 1. The minimum atomic E-state index is 0.525. The summed E-state index contributed by atoms with van der Waals surface area (Å²) >= 11 is 0. The van der Waals surface area contributed by atoms with Gasteiger partial charge >= 0.3 is 0 Å². The van der Waals surface area contributed by atoms with Gasteiger partial charge in [0.05, 0.1) is 22.8 Å². The molecule has 0 amide bonds. The van der Waals surface area contributed by atoms with Gasteiger partial charge in [0.1, 0.15) is 0 Å². The summed E-state index contributed by atoms with van der Waals surface area (Å²) in [5.74, 6) is 1.06. The molecule has 0 aliphatic rings. The fourth-order valence-corrected chi connectivity index (χ4v) is 8.29. The second-order valence-electron chi connectivity index (χ2n) is 16.1. The van der Waals surface area contributed by atoms with E-state index in [-0.39, 0.29) is 0 Å². The van der Waals surface area contributed by atoms with Gasteiger partial charge in [-0.05, 0) is 90.8 Å². The molecule has 5 aromatic carbocycles. The Kier molecular flexibility index (Phi) is 14.2. The number of aryl methyl sites for hydroxylation is 4. The molecule has 0 saturated carbocycles. The number of hydrogen-bond acceptors (Lipinski definition) is 4. The standard InChI is InChI=1S/C54H60N4/c1-5-7-9-11-13-17-30-43-36-48(44(35-40(43)4)31-18-14-12-10-8-6-2)52-38-51(47-34-24-32-45-39(3)25-23-33-46(45)47)57-54(58-52)53-55-49(41-26-19-15-20-27-41)37-50(56-53)42-28-21-16-22-29-42/h15-16,19-29,32-38H,5-14,17-18,30-31H2,1-4H3.